The first-order valence-electron chi connectivity index (χ1n) is 6.00. The highest BCUT2D eigenvalue weighted by molar-refractivity contribution is 7.80. The van der Waals surface area contributed by atoms with Crippen LogP contribution in [0.25, 0.3) is 0 Å². The average molecular weight is 265 g/mol. The van der Waals surface area contributed by atoms with Crippen molar-refractivity contribution in [3.05, 3.63) is 23.8 Å². The fraction of sp³-hybridized carbons (Fsp3) is 0.429. The van der Waals surface area contributed by atoms with Crippen molar-refractivity contribution in [2.45, 2.75) is 26.7 Å². The molecule has 1 aromatic rings. The third-order valence-corrected chi connectivity index (χ3v) is 2.40. The number of ether oxygens (including phenoxy) is 2. The summed E-state index contributed by atoms with van der Waals surface area (Å²) in [5.41, 5.74) is 1.12. The lowest BCUT2D eigenvalue weighted by Crippen LogP contribution is -1.99. The van der Waals surface area contributed by atoms with Crippen molar-refractivity contribution in [1.82, 2.24) is 0 Å². The molecule has 0 N–H and O–H groups in total. The molecular weight excluding hydrogens is 246 g/mol. The van der Waals surface area contributed by atoms with Crippen LogP contribution in [0.1, 0.15) is 25.8 Å². The second kappa shape index (κ2) is 7.82. The average Bonchev–Trinajstić information content (AvgIpc) is 2.36. The molecule has 0 unspecified atom stereocenters. The third-order valence-electron chi connectivity index (χ3n) is 2.29. The van der Waals surface area contributed by atoms with Crippen LogP contribution in [0.4, 0.5) is 0 Å². The summed E-state index contributed by atoms with van der Waals surface area (Å²) in [7, 11) is 1.65. The lowest BCUT2D eigenvalue weighted by molar-refractivity contribution is 0.294. The maximum absolute atomic E-state index is 5.60. The monoisotopic (exact) mass is 265 g/mol. The molecule has 1 aromatic carbocycles. The molecule has 0 aliphatic heterocycles. The number of methoxy groups -OCH3 is 1. The Morgan fingerprint density at radius 3 is 2.78 bits per heavy atom. The molecule has 0 atom stereocenters. The molecule has 0 aliphatic rings. The minimum Gasteiger partial charge on any atom is -0.493 e. The Morgan fingerprint density at radius 2 is 2.17 bits per heavy atom. The molecule has 0 spiro atoms. The zero-order valence-electron chi connectivity index (χ0n) is 11.1. The van der Waals surface area contributed by atoms with Crippen LogP contribution in [0.15, 0.2) is 23.2 Å². The minimum atomic E-state index is 0.643. The van der Waals surface area contributed by atoms with E-state index >= 15 is 0 Å². The molecular formula is C14H19NO2S. The molecule has 0 bridgehead atoms. The van der Waals surface area contributed by atoms with E-state index in [9.17, 15) is 0 Å². The van der Waals surface area contributed by atoms with Crippen molar-refractivity contribution in [2.24, 2.45) is 4.99 Å². The Labute approximate surface area is 114 Å². The number of nitrogens with zero attached hydrogens (tertiary/aromatic N) is 1. The smallest absolute Gasteiger partial charge is 0.161 e. The first-order chi connectivity index (χ1) is 8.67. The molecule has 1 rings (SSSR count). The zero-order chi connectivity index (χ0) is 13.4. The fourth-order valence-corrected chi connectivity index (χ4v) is 1.52. The Balaban J connectivity index is 2.74. The van der Waals surface area contributed by atoms with Crippen molar-refractivity contribution >= 4 is 23.4 Å². The minimum absolute atomic E-state index is 0.643. The quantitative estimate of drug-likeness (QED) is 0.583. The van der Waals surface area contributed by atoms with Crippen LogP contribution in [-0.2, 0) is 6.42 Å². The van der Waals surface area contributed by atoms with E-state index in [1.807, 2.05) is 24.4 Å². The third kappa shape index (κ3) is 4.84. The Hall–Kier alpha value is -1.42. The fourth-order valence-electron chi connectivity index (χ4n) is 1.45. The van der Waals surface area contributed by atoms with Crippen LogP contribution in [-0.4, -0.2) is 24.9 Å². The van der Waals surface area contributed by atoms with E-state index in [4.69, 9.17) is 21.7 Å². The van der Waals surface area contributed by atoms with E-state index in [1.165, 1.54) is 0 Å². The number of hydrogen-bond acceptors (Lipinski definition) is 3. The summed E-state index contributed by atoms with van der Waals surface area (Å²) in [5, 5.41) is 0. The summed E-state index contributed by atoms with van der Waals surface area (Å²) in [5.74, 6) is 1.54. The van der Waals surface area contributed by atoms with Gasteiger partial charge in [0, 0.05) is 12.6 Å². The van der Waals surface area contributed by atoms with Gasteiger partial charge in [-0.3, -0.25) is 4.99 Å². The molecule has 0 fully saturated rings. The van der Waals surface area contributed by atoms with E-state index in [0.717, 1.165) is 29.9 Å². The summed E-state index contributed by atoms with van der Waals surface area (Å²) in [4.78, 5) is 4.73. The molecule has 0 radical (unpaired) electrons. The van der Waals surface area contributed by atoms with Gasteiger partial charge in [-0.25, -0.2) is 0 Å². The van der Waals surface area contributed by atoms with Crippen LogP contribution in [0.5, 0.6) is 11.5 Å². The molecule has 0 saturated carbocycles. The van der Waals surface area contributed by atoms with E-state index in [0.29, 0.717) is 11.6 Å². The first kappa shape index (κ1) is 14.6. The van der Waals surface area contributed by atoms with Gasteiger partial charge in [0.25, 0.3) is 0 Å². The van der Waals surface area contributed by atoms with Crippen molar-refractivity contribution in [3.63, 3.8) is 0 Å². The van der Waals surface area contributed by atoms with Crippen LogP contribution < -0.4 is 9.47 Å². The van der Waals surface area contributed by atoms with Crippen LogP contribution in [0.3, 0.4) is 0 Å². The highest BCUT2D eigenvalue weighted by Gasteiger charge is 2.04. The van der Waals surface area contributed by atoms with Crippen molar-refractivity contribution in [1.29, 1.82) is 0 Å². The van der Waals surface area contributed by atoms with Crippen LogP contribution in [0, 0.1) is 0 Å². The standard InChI is InChI=1S/C14H19NO2S/c1-4-9-17-13-6-5-12(10-14(13)16-3)7-8-15-11(2)18/h5-6,8,10H,4,7,9H2,1-3H3. The van der Waals surface area contributed by atoms with Gasteiger partial charge < -0.3 is 9.47 Å². The van der Waals surface area contributed by atoms with E-state index in [-0.39, 0.29) is 0 Å². The van der Waals surface area contributed by atoms with Gasteiger partial charge in [-0.2, -0.15) is 0 Å². The largest absolute Gasteiger partial charge is 0.493 e. The summed E-state index contributed by atoms with van der Waals surface area (Å²) < 4.78 is 10.9. The van der Waals surface area contributed by atoms with Crippen molar-refractivity contribution < 1.29 is 9.47 Å². The number of thiocarbonyl (C=S) groups is 1. The molecule has 0 aromatic heterocycles. The maximum atomic E-state index is 5.60. The van der Waals surface area contributed by atoms with Gasteiger partial charge >= 0.3 is 0 Å². The van der Waals surface area contributed by atoms with Gasteiger partial charge in [-0.1, -0.05) is 25.2 Å². The van der Waals surface area contributed by atoms with Gasteiger partial charge in [0.15, 0.2) is 11.5 Å². The second-order valence-corrected chi connectivity index (χ2v) is 4.46. The summed E-state index contributed by atoms with van der Waals surface area (Å²) in [6.45, 7) is 4.57. The lowest BCUT2D eigenvalue weighted by atomic mass is 10.1. The van der Waals surface area contributed by atoms with E-state index in [2.05, 4.69) is 11.9 Å². The van der Waals surface area contributed by atoms with Crippen molar-refractivity contribution in [3.8, 4) is 11.5 Å². The SMILES string of the molecule is CCCOc1ccc(CC=NC(C)=S)cc1OC. The Morgan fingerprint density at radius 1 is 1.39 bits per heavy atom. The summed E-state index contributed by atoms with van der Waals surface area (Å²) in [6, 6.07) is 5.91. The van der Waals surface area contributed by atoms with Crippen LogP contribution >= 0.6 is 12.2 Å². The number of rotatable bonds is 6. The predicted molar refractivity (Wildman–Crippen MR) is 79.2 cm³/mol. The van der Waals surface area contributed by atoms with Gasteiger partial charge in [0.1, 0.15) is 0 Å². The number of aliphatic imine (C=N–C) groups is 1. The molecule has 3 nitrogen and oxygen atoms in total. The van der Waals surface area contributed by atoms with Gasteiger partial charge in [-0.05, 0) is 31.0 Å². The van der Waals surface area contributed by atoms with Gasteiger partial charge in [0.2, 0.25) is 0 Å². The molecule has 18 heavy (non-hydrogen) atoms. The molecule has 4 heteroatoms. The zero-order valence-corrected chi connectivity index (χ0v) is 11.9. The summed E-state index contributed by atoms with van der Waals surface area (Å²) >= 11 is 4.89. The van der Waals surface area contributed by atoms with Crippen molar-refractivity contribution in [2.75, 3.05) is 13.7 Å². The molecule has 0 amide bonds. The first-order valence-corrected chi connectivity index (χ1v) is 6.41. The van der Waals surface area contributed by atoms with Gasteiger partial charge in [0.05, 0.1) is 18.7 Å². The maximum Gasteiger partial charge on any atom is 0.161 e. The van der Waals surface area contributed by atoms with E-state index in [1.54, 1.807) is 14.0 Å². The van der Waals surface area contributed by atoms with E-state index < -0.39 is 0 Å². The molecule has 0 aliphatic carbocycles. The Kier molecular flexibility index (Phi) is 6.36. The predicted octanol–water partition coefficient (Wildman–Crippen LogP) is 3.44. The highest BCUT2D eigenvalue weighted by Crippen LogP contribution is 2.28. The molecule has 98 valence electrons. The molecule has 0 saturated heterocycles. The molecule has 0 heterocycles. The van der Waals surface area contributed by atoms with Gasteiger partial charge in [-0.15, -0.1) is 0 Å². The normalized spacial score (nSPS) is 10.6. The lowest BCUT2D eigenvalue weighted by Gasteiger charge is -2.10. The summed E-state index contributed by atoms with van der Waals surface area (Å²) in [6.07, 6.45) is 3.52. The Bertz CT molecular complexity index is 430. The second-order valence-electron chi connectivity index (χ2n) is 3.87. The number of benzene rings is 1. The topological polar surface area (TPSA) is 30.8 Å². The van der Waals surface area contributed by atoms with Crippen LogP contribution in [0.2, 0.25) is 0 Å². The number of hydrogen-bond donors (Lipinski definition) is 0. The highest BCUT2D eigenvalue weighted by atomic mass is 32.1.